The van der Waals surface area contributed by atoms with Crippen molar-refractivity contribution >= 4 is 11.7 Å². The molecule has 7 nitrogen and oxygen atoms in total. The van der Waals surface area contributed by atoms with Gasteiger partial charge in [0.25, 0.3) is 0 Å². The molecule has 1 aliphatic heterocycles. The molecule has 7 heteroatoms. The first-order valence-corrected chi connectivity index (χ1v) is 10.1. The van der Waals surface area contributed by atoms with Crippen LogP contribution < -0.4 is 14.4 Å². The Kier molecular flexibility index (Phi) is 7.54. The van der Waals surface area contributed by atoms with Crippen molar-refractivity contribution in [1.29, 1.82) is 0 Å². The van der Waals surface area contributed by atoms with Gasteiger partial charge in [0.2, 0.25) is 0 Å². The van der Waals surface area contributed by atoms with Crippen molar-refractivity contribution in [2.24, 2.45) is 0 Å². The number of anilines is 1. The third kappa shape index (κ3) is 5.64. The zero-order valence-corrected chi connectivity index (χ0v) is 17.8. The van der Waals surface area contributed by atoms with Gasteiger partial charge in [0.1, 0.15) is 24.2 Å². The maximum atomic E-state index is 11.6. The van der Waals surface area contributed by atoms with Gasteiger partial charge in [-0.15, -0.1) is 0 Å². The number of nitrogens with zero attached hydrogens (tertiary/aromatic N) is 2. The van der Waals surface area contributed by atoms with Crippen LogP contribution in [0, 0.1) is 0 Å². The van der Waals surface area contributed by atoms with E-state index < -0.39 is 6.10 Å². The lowest BCUT2D eigenvalue weighted by atomic mass is 10.1. The standard InChI is InChI=1S/C23H30N2O5/c1-17-14-25(19-6-4-18(5-7-19)23(27)29-3)13-12-24(17)15-20(26)16-30-22-10-8-21(28-2)9-11-22/h4-11,17,20,26H,12-16H2,1-3H3. The smallest absolute Gasteiger partial charge is 0.337 e. The number of rotatable bonds is 8. The number of hydrogen-bond acceptors (Lipinski definition) is 7. The van der Waals surface area contributed by atoms with Crippen LogP contribution >= 0.6 is 0 Å². The second-order valence-electron chi connectivity index (χ2n) is 7.47. The largest absolute Gasteiger partial charge is 0.497 e. The molecular formula is C23H30N2O5. The van der Waals surface area contributed by atoms with Gasteiger partial charge < -0.3 is 24.2 Å². The fourth-order valence-corrected chi connectivity index (χ4v) is 3.61. The van der Waals surface area contributed by atoms with Gasteiger partial charge in [-0.3, -0.25) is 4.90 Å². The first-order chi connectivity index (χ1) is 14.5. The molecule has 0 aromatic heterocycles. The molecule has 1 fully saturated rings. The molecule has 2 aromatic rings. The maximum Gasteiger partial charge on any atom is 0.337 e. The predicted molar refractivity (Wildman–Crippen MR) is 116 cm³/mol. The highest BCUT2D eigenvalue weighted by atomic mass is 16.5. The number of piperazine rings is 1. The van der Waals surface area contributed by atoms with E-state index in [1.54, 1.807) is 19.2 Å². The second-order valence-corrected chi connectivity index (χ2v) is 7.47. The Morgan fingerprint density at radius 1 is 1.07 bits per heavy atom. The summed E-state index contributed by atoms with van der Waals surface area (Å²) in [5.41, 5.74) is 1.63. The van der Waals surface area contributed by atoms with Crippen LogP contribution in [0.15, 0.2) is 48.5 Å². The molecule has 0 aliphatic carbocycles. The fraction of sp³-hybridized carbons (Fsp3) is 0.435. The number of esters is 1. The van der Waals surface area contributed by atoms with Crippen LogP contribution in [0.2, 0.25) is 0 Å². The number of aliphatic hydroxyl groups is 1. The van der Waals surface area contributed by atoms with Gasteiger partial charge in [0, 0.05) is 37.9 Å². The number of carbonyl (C=O) groups excluding carboxylic acids is 1. The van der Waals surface area contributed by atoms with Crippen LogP contribution in [-0.4, -0.2) is 75.1 Å². The third-order valence-electron chi connectivity index (χ3n) is 5.37. The Hall–Kier alpha value is -2.77. The molecule has 30 heavy (non-hydrogen) atoms. The van der Waals surface area contributed by atoms with Gasteiger partial charge in [0.15, 0.2) is 0 Å². The van der Waals surface area contributed by atoms with Gasteiger partial charge in [-0.2, -0.15) is 0 Å². The van der Waals surface area contributed by atoms with Crippen molar-refractivity contribution in [1.82, 2.24) is 4.90 Å². The van der Waals surface area contributed by atoms with Crippen molar-refractivity contribution in [2.75, 3.05) is 51.9 Å². The van der Waals surface area contributed by atoms with Crippen molar-refractivity contribution < 1.29 is 24.1 Å². The van der Waals surface area contributed by atoms with E-state index in [4.69, 9.17) is 14.2 Å². The lowest BCUT2D eigenvalue weighted by Crippen LogP contribution is -2.54. The Morgan fingerprint density at radius 2 is 1.73 bits per heavy atom. The van der Waals surface area contributed by atoms with E-state index in [0.29, 0.717) is 17.9 Å². The molecule has 2 aromatic carbocycles. The van der Waals surface area contributed by atoms with Crippen molar-refractivity contribution in [2.45, 2.75) is 19.1 Å². The molecule has 0 saturated carbocycles. The van der Waals surface area contributed by atoms with Crippen LogP contribution in [0.3, 0.4) is 0 Å². The molecule has 1 aliphatic rings. The van der Waals surface area contributed by atoms with E-state index in [0.717, 1.165) is 31.1 Å². The highest BCUT2D eigenvalue weighted by molar-refractivity contribution is 5.89. The molecule has 0 bridgehead atoms. The summed E-state index contributed by atoms with van der Waals surface area (Å²) in [4.78, 5) is 16.2. The van der Waals surface area contributed by atoms with E-state index in [1.165, 1.54) is 7.11 Å². The molecule has 1 heterocycles. The zero-order chi connectivity index (χ0) is 21.5. The maximum absolute atomic E-state index is 11.6. The first kappa shape index (κ1) is 21.9. The van der Waals surface area contributed by atoms with Gasteiger partial charge in [-0.05, 0) is 55.5 Å². The van der Waals surface area contributed by atoms with E-state index in [9.17, 15) is 9.90 Å². The molecule has 2 atom stereocenters. The lowest BCUT2D eigenvalue weighted by Gasteiger charge is -2.41. The number of aliphatic hydroxyl groups excluding tert-OH is 1. The topological polar surface area (TPSA) is 71.5 Å². The minimum Gasteiger partial charge on any atom is -0.497 e. The van der Waals surface area contributed by atoms with E-state index in [1.807, 2.05) is 36.4 Å². The first-order valence-electron chi connectivity index (χ1n) is 10.1. The summed E-state index contributed by atoms with van der Waals surface area (Å²) in [6.45, 7) is 5.52. The number of benzene rings is 2. The second kappa shape index (κ2) is 10.3. The summed E-state index contributed by atoms with van der Waals surface area (Å²) in [6, 6.07) is 15.1. The third-order valence-corrected chi connectivity index (χ3v) is 5.37. The molecule has 1 saturated heterocycles. The summed E-state index contributed by atoms with van der Waals surface area (Å²) >= 11 is 0. The monoisotopic (exact) mass is 414 g/mol. The van der Waals surface area contributed by atoms with Crippen molar-refractivity contribution in [3.05, 3.63) is 54.1 Å². The SMILES string of the molecule is COC(=O)c1ccc(N2CCN(CC(O)COc3ccc(OC)cc3)C(C)C2)cc1. The summed E-state index contributed by atoms with van der Waals surface area (Å²) < 4.78 is 15.6. The zero-order valence-electron chi connectivity index (χ0n) is 17.8. The summed E-state index contributed by atoms with van der Waals surface area (Å²) in [6.07, 6.45) is -0.569. The average Bonchev–Trinajstić information content (AvgIpc) is 2.79. The molecule has 0 spiro atoms. The molecule has 0 amide bonds. The van der Waals surface area contributed by atoms with E-state index in [2.05, 4.69) is 16.7 Å². The average molecular weight is 415 g/mol. The summed E-state index contributed by atoms with van der Waals surface area (Å²) in [5, 5.41) is 10.4. The molecule has 0 radical (unpaired) electrons. The Morgan fingerprint density at radius 3 is 2.33 bits per heavy atom. The Bertz CT molecular complexity index is 809. The number of hydrogen-bond donors (Lipinski definition) is 1. The number of methoxy groups -OCH3 is 2. The highest BCUT2D eigenvalue weighted by Gasteiger charge is 2.25. The fourth-order valence-electron chi connectivity index (χ4n) is 3.61. The van der Waals surface area contributed by atoms with E-state index in [-0.39, 0.29) is 18.6 Å². The van der Waals surface area contributed by atoms with Crippen LogP contribution in [0.5, 0.6) is 11.5 Å². The quantitative estimate of drug-likeness (QED) is 0.665. The summed E-state index contributed by atoms with van der Waals surface area (Å²) in [5.74, 6) is 1.16. The van der Waals surface area contributed by atoms with Crippen molar-refractivity contribution in [3.63, 3.8) is 0 Å². The van der Waals surface area contributed by atoms with Crippen LogP contribution in [-0.2, 0) is 4.74 Å². The number of ether oxygens (including phenoxy) is 3. The Balaban J connectivity index is 1.46. The van der Waals surface area contributed by atoms with Crippen LogP contribution in [0.25, 0.3) is 0 Å². The van der Waals surface area contributed by atoms with Gasteiger partial charge in [-0.1, -0.05) is 0 Å². The lowest BCUT2D eigenvalue weighted by molar-refractivity contribution is 0.0512. The highest BCUT2D eigenvalue weighted by Crippen LogP contribution is 2.21. The van der Waals surface area contributed by atoms with Crippen LogP contribution in [0.4, 0.5) is 5.69 Å². The van der Waals surface area contributed by atoms with Gasteiger partial charge >= 0.3 is 5.97 Å². The van der Waals surface area contributed by atoms with Gasteiger partial charge in [-0.25, -0.2) is 4.79 Å². The summed E-state index contributed by atoms with van der Waals surface area (Å²) in [7, 11) is 3.01. The molecule has 2 unspecified atom stereocenters. The normalized spacial score (nSPS) is 18.0. The Labute approximate surface area is 177 Å². The predicted octanol–water partition coefficient (Wildman–Crippen LogP) is 2.43. The van der Waals surface area contributed by atoms with Crippen LogP contribution in [0.1, 0.15) is 17.3 Å². The molecular weight excluding hydrogens is 384 g/mol. The minimum atomic E-state index is -0.569. The van der Waals surface area contributed by atoms with Crippen molar-refractivity contribution in [3.8, 4) is 11.5 Å². The molecule has 1 N–H and O–H groups in total. The molecule has 162 valence electrons. The number of carbonyl (C=O) groups is 1. The van der Waals surface area contributed by atoms with Gasteiger partial charge in [0.05, 0.1) is 19.8 Å². The minimum absolute atomic E-state index is 0.244. The molecule has 3 rings (SSSR count). The number of β-amino-alcohol motifs (C(OH)–C–C–N with tert-alkyl or cyclic N) is 1. The van der Waals surface area contributed by atoms with E-state index >= 15 is 0 Å².